The van der Waals surface area contributed by atoms with Gasteiger partial charge in [-0.1, -0.05) is 28.1 Å². The minimum Gasteiger partial charge on any atom is -0.362 e. The average molecular weight is 408 g/mol. The first kappa shape index (κ1) is 17.9. The van der Waals surface area contributed by atoms with E-state index in [9.17, 15) is 10.1 Å². The highest BCUT2D eigenvalue weighted by Crippen LogP contribution is 2.29. The van der Waals surface area contributed by atoms with Crippen LogP contribution in [0.4, 0.5) is 11.5 Å². The van der Waals surface area contributed by atoms with Gasteiger partial charge in [0.1, 0.15) is 5.69 Å². The van der Waals surface area contributed by atoms with Gasteiger partial charge in [-0.25, -0.2) is 4.68 Å². The van der Waals surface area contributed by atoms with Crippen molar-refractivity contribution in [2.24, 2.45) is 7.05 Å². The average Bonchev–Trinajstić information content (AvgIpc) is 2.85. The second-order valence-electron chi connectivity index (χ2n) is 6.48. The molecule has 2 aromatic rings. The van der Waals surface area contributed by atoms with Crippen molar-refractivity contribution in [2.75, 3.05) is 18.4 Å². The number of anilines is 1. The van der Waals surface area contributed by atoms with E-state index in [2.05, 4.69) is 55.5 Å². The zero-order chi connectivity index (χ0) is 18.0. The van der Waals surface area contributed by atoms with Crippen molar-refractivity contribution in [2.45, 2.75) is 32.4 Å². The molecular weight excluding hydrogens is 386 g/mol. The number of hydrogen-bond acceptors (Lipinski definition) is 5. The Labute approximate surface area is 155 Å². The molecule has 1 aromatic carbocycles. The fraction of sp³-hybridized carbons (Fsp3) is 0.471. The molecule has 1 saturated heterocycles. The highest BCUT2D eigenvalue weighted by molar-refractivity contribution is 9.10. The maximum absolute atomic E-state index is 11.3. The monoisotopic (exact) mass is 407 g/mol. The van der Waals surface area contributed by atoms with E-state index < -0.39 is 0 Å². The summed E-state index contributed by atoms with van der Waals surface area (Å²) < 4.78 is 2.66. The Bertz CT molecular complexity index is 751. The number of rotatable bonds is 5. The highest BCUT2D eigenvalue weighted by Gasteiger charge is 2.27. The molecule has 8 heteroatoms. The number of hydrogen-bond donors (Lipinski definition) is 1. The molecule has 1 aliphatic rings. The van der Waals surface area contributed by atoms with Gasteiger partial charge < -0.3 is 5.32 Å². The lowest BCUT2D eigenvalue weighted by atomic mass is 10.0. The van der Waals surface area contributed by atoms with Crippen molar-refractivity contribution in [3.05, 3.63) is 50.1 Å². The van der Waals surface area contributed by atoms with Crippen molar-refractivity contribution in [3.8, 4) is 0 Å². The lowest BCUT2D eigenvalue weighted by molar-refractivity contribution is -0.384. The maximum atomic E-state index is 11.3. The van der Waals surface area contributed by atoms with E-state index in [1.165, 1.54) is 5.56 Å². The molecule has 0 saturated carbocycles. The lowest BCUT2D eigenvalue weighted by Crippen LogP contribution is -2.39. The third-order valence-corrected chi connectivity index (χ3v) is 5.15. The summed E-state index contributed by atoms with van der Waals surface area (Å²) in [6, 6.07) is 8.63. The van der Waals surface area contributed by atoms with Gasteiger partial charge in [0.15, 0.2) is 0 Å². The number of likely N-dealkylation sites (tertiary alicyclic amines) is 1. The first-order chi connectivity index (χ1) is 11.9. The van der Waals surface area contributed by atoms with E-state index in [1.54, 1.807) is 18.7 Å². The van der Waals surface area contributed by atoms with Gasteiger partial charge in [0.05, 0.1) is 4.92 Å². The second kappa shape index (κ2) is 7.53. The normalized spacial score (nSPS) is 16.1. The molecule has 0 spiro atoms. The van der Waals surface area contributed by atoms with E-state index in [1.807, 2.05) is 0 Å². The van der Waals surface area contributed by atoms with Crippen molar-refractivity contribution >= 4 is 27.4 Å². The smallest absolute Gasteiger partial charge is 0.333 e. The third-order valence-electron chi connectivity index (χ3n) is 4.62. The van der Waals surface area contributed by atoms with Crippen LogP contribution < -0.4 is 5.32 Å². The van der Waals surface area contributed by atoms with E-state index in [0.29, 0.717) is 11.5 Å². The first-order valence-electron chi connectivity index (χ1n) is 8.35. The topological polar surface area (TPSA) is 76.2 Å². The van der Waals surface area contributed by atoms with Gasteiger partial charge in [-0.3, -0.25) is 15.0 Å². The summed E-state index contributed by atoms with van der Waals surface area (Å²) in [6.45, 7) is 4.55. The Hall–Kier alpha value is -1.93. The Kier molecular flexibility index (Phi) is 5.39. The molecule has 25 heavy (non-hydrogen) atoms. The number of benzene rings is 1. The van der Waals surface area contributed by atoms with E-state index in [0.717, 1.165) is 36.9 Å². The summed E-state index contributed by atoms with van der Waals surface area (Å²) in [7, 11) is 1.74. The van der Waals surface area contributed by atoms with Crippen molar-refractivity contribution in [3.63, 3.8) is 0 Å². The molecular formula is C17H22BrN5O2. The van der Waals surface area contributed by atoms with Crippen LogP contribution in [0, 0.1) is 17.0 Å². The third kappa shape index (κ3) is 4.19. The Morgan fingerprint density at radius 3 is 2.56 bits per heavy atom. The predicted molar refractivity (Wildman–Crippen MR) is 101 cm³/mol. The number of piperidine rings is 1. The van der Waals surface area contributed by atoms with Gasteiger partial charge in [0.25, 0.3) is 0 Å². The van der Waals surface area contributed by atoms with Gasteiger partial charge in [0.2, 0.25) is 5.82 Å². The number of nitrogens with zero attached hydrogens (tertiary/aromatic N) is 4. The van der Waals surface area contributed by atoms with Crippen molar-refractivity contribution in [1.82, 2.24) is 14.7 Å². The molecule has 134 valence electrons. The minimum atomic E-state index is -0.354. The van der Waals surface area contributed by atoms with Crippen LogP contribution in [0.25, 0.3) is 0 Å². The molecule has 0 atom stereocenters. The highest BCUT2D eigenvalue weighted by atomic mass is 79.9. The number of nitrogens with one attached hydrogen (secondary N) is 1. The quantitative estimate of drug-likeness (QED) is 0.606. The molecule has 0 amide bonds. The molecule has 7 nitrogen and oxygen atoms in total. The second-order valence-corrected chi connectivity index (χ2v) is 7.40. The van der Waals surface area contributed by atoms with Crippen LogP contribution in [0.2, 0.25) is 0 Å². The molecule has 1 N–H and O–H groups in total. The van der Waals surface area contributed by atoms with Crippen LogP contribution >= 0.6 is 15.9 Å². The molecule has 1 fully saturated rings. The van der Waals surface area contributed by atoms with Crippen LogP contribution in [-0.4, -0.2) is 38.7 Å². The molecule has 0 aliphatic carbocycles. The summed E-state index contributed by atoms with van der Waals surface area (Å²) in [6.07, 6.45) is 1.91. The van der Waals surface area contributed by atoms with Gasteiger partial charge in [-0.15, -0.1) is 0 Å². The van der Waals surface area contributed by atoms with Crippen LogP contribution in [0.5, 0.6) is 0 Å². The molecule has 3 rings (SSSR count). The van der Waals surface area contributed by atoms with Gasteiger partial charge >= 0.3 is 5.69 Å². The first-order valence-corrected chi connectivity index (χ1v) is 9.14. The summed E-state index contributed by atoms with van der Waals surface area (Å²) >= 11 is 3.46. The summed E-state index contributed by atoms with van der Waals surface area (Å²) in [5, 5.41) is 18.8. The zero-order valence-electron chi connectivity index (χ0n) is 14.4. The molecule has 0 bridgehead atoms. The summed E-state index contributed by atoms with van der Waals surface area (Å²) in [5.74, 6) is 0.508. The molecule has 0 unspecified atom stereocenters. The van der Waals surface area contributed by atoms with Crippen molar-refractivity contribution < 1.29 is 4.92 Å². The molecule has 1 aromatic heterocycles. The van der Waals surface area contributed by atoms with Gasteiger partial charge in [0, 0.05) is 37.2 Å². The fourth-order valence-electron chi connectivity index (χ4n) is 3.30. The largest absolute Gasteiger partial charge is 0.362 e. The molecule has 1 aliphatic heterocycles. The van der Waals surface area contributed by atoms with E-state index >= 15 is 0 Å². The van der Waals surface area contributed by atoms with Crippen LogP contribution in [0.3, 0.4) is 0 Å². The number of aromatic nitrogens is 2. The number of halogens is 1. The van der Waals surface area contributed by atoms with E-state index in [-0.39, 0.29) is 16.7 Å². The standard InChI is InChI=1S/C17H22BrN5O2/c1-12-16(23(24)25)17(21(2)20-12)19-15-7-9-22(10-8-15)11-13-3-5-14(18)6-4-13/h3-6,15,19H,7-11H2,1-2H3. The van der Waals surface area contributed by atoms with E-state index in [4.69, 9.17) is 0 Å². The van der Waals surface area contributed by atoms with Crippen LogP contribution in [-0.2, 0) is 13.6 Å². The number of aryl methyl sites for hydroxylation is 2. The molecule has 0 radical (unpaired) electrons. The van der Waals surface area contributed by atoms with Gasteiger partial charge in [-0.2, -0.15) is 5.10 Å². The molecule has 2 heterocycles. The Morgan fingerprint density at radius 1 is 1.32 bits per heavy atom. The van der Waals surface area contributed by atoms with Crippen LogP contribution in [0.1, 0.15) is 24.1 Å². The lowest BCUT2D eigenvalue weighted by Gasteiger charge is -2.32. The van der Waals surface area contributed by atoms with Crippen LogP contribution in [0.15, 0.2) is 28.7 Å². The Morgan fingerprint density at radius 2 is 1.96 bits per heavy atom. The minimum absolute atomic E-state index is 0.0831. The van der Waals surface area contributed by atoms with Gasteiger partial charge in [-0.05, 0) is 37.5 Å². The Balaban J connectivity index is 1.58. The van der Waals surface area contributed by atoms with Crippen molar-refractivity contribution in [1.29, 1.82) is 0 Å². The SMILES string of the molecule is Cc1nn(C)c(NC2CCN(Cc3ccc(Br)cc3)CC2)c1[N+](=O)[O-]. The number of nitro groups is 1. The maximum Gasteiger partial charge on any atom is 0.333 e. The summed E-state index contributed by atoms with van der Waals surface area (Å²) in [4.78, 5) is 13.3. The summed E-state index contributed by atoms with van der Waals surface area (Å²) in [5.41, 5.74) is 1.83. The predicted octanol–water partition coefficient (Wildman–Crippen LogP) is 3.48. The zero-order valence-corrected chi connectivity index (χ0v) is 16.0. The fourth-order valence-corrected chi connectivity index (χ4v) is 3.57.